The Kier molecular flexibility index (Phi) is 4.66. The van der Waals surface area contributed by atoms with Crippen LogP contribution < -0.4 is 4.74 Å². The van der Waals surface area contributed by atoms with E-state index in [1.165, 1.54) is 7.11 Å². The summed E-state index contributed by atoms with van der Waals surface area (Å²) < 4.78 is 10.3. The van der Waals surface area contributed by atoms with Crippen LogP contribution in [0.4, 0.5) is 0 Å². The van der Waals surface area contributed by atoms with Crippen molar-refractivity contribution < 1.29 is 14.3 Å². The van der Waals surface area contributed by atoms with Gasteiger partial charge in [0.05, 0.1) is 7.11 Å². The standard InChI is InChI=1S/C16H15NO4/c1-11-7-9-12(10-8-11)21-14-6-4-3-5-13(14)15(17-19)16(18)20-2/h3-10,15H,1-2H3. The van der Waals surface area contributed by atoms with Gasteiger partial charge in [0, 0.05) is 5.56 Å². The first-order valence-electron chi connectivity index (χ1n) is 6.39. The summed E-state index contributed by atoms with van der Waals surface area (Å²) in [6.45, 7) is 1.97. The van der Waals surface area contributed by atoms with E-state index in [2.05, 4.69) is 9.91 Å². The number of ether oxygens (including phenoxy) is 2. The zero-order valence-corrected chi connectivity index (χ0v) is 11.8. The van der Waals surface area contributed by atoms with Crippen molar-refractivity contribution in [2.45, 2.75) is 13.0 Å². The smallest absolute Gasteiger partial charge is 0.339 e. The maximum absolute atomic E-state index is 11.6. The minimum Gasteiger partial charge on any atom is -0.467 e. The van der Waals surface area contributed by atoms with Gasteiger partial charge in [-0.05, 0) is 30.3 Å². The molecule has 0 radical (unpaired) electrons. The number of benzene rings is 2. The van der Waals surface area contributed by atoms with Gasteiger partial charge in [-0.1, -0.05) is 35.9 Å². The normalized spacial score (nSPS) is 11.5. The van der Waals surface area contributed by atoms with Crippen LogP contribution in [0.5, 0.6) is 11.5 Å². The number of rotatable bonds is 5. The van der Waals surface area contributed by atoms with Gasteiger partial charge in [0.1, 0.15) is 11.5 Å². The van der Waals surface area contributed by atoms with Crippen molar-refractivity contribution in [2.75, 3.05) is 7.11 Å². The second-order valence-corrected chi connectivity index (χ2v) is 4.48. The van der Waals surface area contributed by atoms with E-state index in [0.717, 1.165) is 5.56 Å². The molecule has 0 bridgehead atoms. The predicted molar refractivity (Wildman–Crippen MR) is 78.2 cm³/mol. The summed E-state index contributed by atoms with van der Waals surface area (Å²) in [6.07, 6.45) is 0. The lowest BCUT2D eigenvalue weighted by Gasteiger charge is -2.13. The van der Waals surface area contributed by atoms with Gasteiger partial charge in [0.2, 0.25) is 6.04 Å². The lowest BCUT2D eigenvalue weighted by molar-refractivity contribution is -0.142. The number of carbonyl (C=O) groups is 1. The molecule has 0 heterocycles. The highest BCUT2D eigenvalue weighted by atomic mass is 16.5. The Hall–Kier alpha value is -2.69. The Morgan fingerprint density at radius 1 is 1.10 bits per heavy atom. The summed E-state index contributed by atoms with van der Waals surface area (Å²) in [5.74, 6) is 0.295. The summed E-state index contributed by atoms with van der Waals surface area (Å²) >= 11 is 0. The van der Waals surface area contributed by atoms with Crippen LogP contribution in [-0.2, 0) is 9.53 Å². The summed E-state index contributed by atoms with van der Waals surface area (Å²) in [7, 11) is 1.21. The fourth-order valence-electron chi connectivity index (χ4n) is 1.87. The molecule has 0 aliphatic heterocycles. The van der Waals surface area contributed by atoms with E-state index >= 15 is 0 Å². The number of methoxy groups -OCH3 is 1. The minimum atomic E-state index is -1.24. The average Bonchev–Trinajstić information content (AvgIpc) is 2.51. The molecule has 0 fully saturated rings. The van der Waals surface area contributed by atoms with Crippen LogP contribution in [0.25, 0.3) is 0 Å². The van der Waals surface area contributed by atoms with Crippen LogP contribution >= 0.6 is 0 Å². The Morgan fingerprint density at radius 2 is 1.76 bits per heavy atom. The maximum Gasteiger partial charge on any atom is 0.339 e. The van der Waals surface area contributed by atoms with Gasteiger partial charge in [-0.2, -0.15) is 0 Å². The molecule has 0 aromatic heterocycles. The van der Waals surface area contributed by atoms with E-state index in [1.54, 1.807) is 24.3 Å². The first-order chi connectivity index (χ1) is 10.2. The van der Waals surface area contributed by atoms with E-state index in [0.29, 0.717) is 17.1 Å². The molecule has 2 rings (SSSR count). The molecule has 0 saturated carbocycles. The molecular weight excluding hydrogens is 270 g/mol. The largest absolute Gasteiger partial charge is 0.467 e. The third-order valence-electron chi connectivity index (χ3n) is 2.99. The summed E-state index contributed by atoms with van der Waals surface area (Å²) in [5.41, 5.74) is 1.48. The van der Waals surface area contributed by atoms with Crippen molar-refractivity contribution in [2.24, 2.45) is 5.18 Å². The molecule has 21 heavy (non-hydrogen) atoms. The van der Waals surface area contributed by atoms with Gasteiger partial charge in [0.25, 0.3) is 0 Å². The van der Waals surface area contributed by atoms with Crippen LogP contribution in [0.1, 0.15) is 17.2 Å². The summed E-state index contributed by atoms with van der Waals surface area (Å²) in [4.78, 5) is 22.6. The average molecular weight is 285 g/mol. The zero-order chi connectivity index (χ0) is 15.2. The van der Waals surface area contributed by atoms with Gasteiger partial charge in [-0.25, -0.2) is 4.79 Å². The highest BCUT2D eigenvalue weighted by Crippen LogP contribution is 2.32. The SMILES string of the molecule is COC(=O)C(N=O)c1ccccc1Oc1ccc(C)cc1. The molecule has 0 saturated heterocycles. The first-order valence-corrected chi connectivity index (χ1v) is 6.39. The van der Waals surface area contributed by atoms with Gasteiger partial charge in [-0.15, -0.1) is 4.91 Å². The summed E-state index contributed by atoms with van der Waals surface area (Å²) in [6, 6.07) is 13.0. The number of nitroso groups, excluding NO2 is 1. The van der Waals surface area contributed by atoms with Crippen molar-refractivity contribution in [3.63, 3.8) is 0 Å². The third-order valence-corrected chi connectivity index (χ3v) is 2.99. The highest BCUT2D eigenvalue weighted by Gasteiger charge is 2.25. The zero-order valence-electron chi connectivity index (χ0n) is 11.8. The number of aryl methyl sites for hydroxylation is 1. The Bertz CT molecular complexity index is 637. The number of carbonyl (C=O) groups excluding carboxylic acids is 1. The van der Waals surface area contributed by atoms with Crippen LogP contribution in [0, 0.1) is 11.8 Å². The van der Waals surface area contributed by atoms with Crippen LogP contribution in [0.2, 0.25) is 0 Å². The molecule has 1 atom stereocenters. The monoisotopic (exact) mass is 285 g/mol. The molecule has 108 valence electrons. The fourth-order valence-corrected chi connectivity index (χ4v) is 1.87. The topological polar surface area (TPSA) is 65.0 Å². The second-order valence-electron chi connectivity index (χ2n) is 4.48. The molecule has 0 spiro atoms. The molecule has 5 nitrogen and oxygen atoms in total. The van der Waals surface area contributed by atoms with Crippen molar-refractivity contribution in [3.8, 4) is 11.5 Å². The number of nitrogens with zero attached hydrogens (tertiary/aromatic N) is 1. The number of esters is 1. The third kappa shape index (κ3) is 3.45. The van der Waals surface area contributed by atoms with Crippen LogP contribution in [-0.4, -0.2) is 13.1 Å². The van der Waals surface area contributed by atoms with Crippen molar-refractivity contribution in [1.82, 2.24) is 0 Å². The second kappa shape index (κ2) is 6.65. The Morgan fingerprint density at radius 3 is 2.38 bits per heavy atom. The van der Waals surface area contributed by atoms with Gasteiger partial charge in [0.15, 0.2) is 0 Å². The van der Waals surface area contributed by atoms with Crippen molar-refractivity contribution in [1.29, 1.82) is 0 Å². The lowest BCUT2D eigenvalue weighted by Crippen LogP contribution is -2.12. The van der Waals surface area contributed by atoms with E-state index in [1.807, 2.05) is 31.2 Å². The predicted octanol–water partition coefficient (Wildman–Crippen LogP) is 3.77. The molecular formula is C16H15NO4. The van der Waals surface area contributed by atoms with Crippen molar-refractivity contribution in [3.05, 3.63) is 64.6 Å². The molecule has 0 amide bonds. The van der Waals surface area contributed by atoms with E-state index in [9.17, 15) is 9.70 Å². The van der Waals surface area contributed by atoms with Crippen LogP contribution in [0.15, 0.2) is 53.7 Å². The van der Waals surface area contributed by atoms with Gasteiger partial charge >= 0.3 is 5.97 Å². The van der Waals surface area contributed by atoms with E-state index in [4.69, 9.17) is 4.74 Å². The van der Waals surface area contributed by atoms with Gasteiger partial charge in [-0.3, -0.25) is 0 Å². The molecule has 0 N–H and O–H groups in total. The Labute approximate surface area is 122 Å². The lowest BCUT2D eigenvalue weighted by atomic mass is 10.1. The summed E-state index contributed by atoms with van der Waals surface area (Å²) in [5, 5.41) is 2.84. The van der Waals surface area contributed by atoms with Crippen LogP contribution in [0.3, 0.4) is 0 Å². The molecule has 2 aromatic carbocycles. The molecule has 5 heteroatoms. The molecule has 0 aliphatic carbocycles. The quantitative estimate of drug-likeness (QED) is 0.619. The number of hydrogen-bond acceptors (Lipinski definition) is 5. The minimum absolute atomic E-state index is 0.375. The van der Waals surface area contributed by atoms with Crippen molar-refractivity contribution >= 4 is 5.97 Å². The first kappa shape index (κ1) is 14.7. The molecule has 1 unspecified atom stereocenters. The van der Waals surface area contributed by atoms with Gasteiger partial charge < -0.3 is 9.47 Å². The Balaban J connectivity index is 2.34. The van der Waals surface area contributed by atoms with E-state index < -0.39 is 12.0 Å². The number of hydrogen-bond donors (Lipinski definition) is 0. The fraction of sp³-hybridized carbons (Fsp3) is 0.188. The van der Waals surface area contributed by atoms with E-state index in [-0.39, 0.29) is 0 Å². The molecule has 0 aliphatic rings. The number of para-hydroxylation sites is 1. The molecule has 2 aromatic rings. The highest BCUT2D eigenvalue weighted by molar-refractivity contribution is 5.78. The maximum atomic E-state index is 11.6.